The molecule has 0 spiro atoms. The van der Waals surface area contributed by atoms with Crippen molar-refractivity contribution in [2.75, 3.05) is 0 Å². The van der Waals surface area contributed by atoms with Gasteiger partial charge in [0.25, 0.3) is 0 Å². The summed E-state index contributed by atoms with van der Waals surface area (Å²) in [5.74, 6) is -0.335. The summed E-state index contributed by atoms with van der Waals surface area (Å²) in [5.41, 5.74) is 3.53. The molecule has 5 aromatic rings. The van der Waals surface area contributed by atoms with Crippen LogP contribution in [0.1, 0.15) is 5.69 Å². The highest BCUT2D eigenvalue weighted by molar-refractivity contribution is 5.97. The summed E-state index contributed by atoms with van der Waals surface area (Å²) in [6.45, 7) is 0.236. The van der Waals surface area contributed by atoms with Crippen molar-refractivity contribution in [3.63, 3.8) is 0 Å². The van der Waals surface area contributed by atoms with Crippen LogP contribution in [0.5, 0.6) is 0 Å². The van der Waals surface area contributed by atoms with Crippen molar-refractivity contribution in [3.05, 3.63) is 83.6 Å². The molecule has 29 heavy (non-hydrogen) atoms. The van der Waals surface area contributed by atoms with E-state index in [2.05, 4.69) is 19.9 Å². The van der Waals surface area contributed by atoms with Crippen LogP contribution in [0.15, 0.2) is 66.4 Å². The number of halogens is 1. The number of pyridine rings is 2. The van der Waals surface area contributed by atoms with Crippen LogP contribution in [-0.4, -0.2) is 29.1 Å². The molecular formula is C21H15FN6O. The van der Waals surface area contributed by atoms with E-state index < -0.39 is 0 Å². The fourth-order valence-electron chi connectivity index (χ4n) is 3.67. The predicted octanol–water partition coefficient (Wildman–Crippen LogP) is 2.93. The summed E-state index contributed by atoms with van der Waals surface area (Å²) in [5, 5.41) is 1.48. The number of imidazole rings is 1. The van der Waals surface area contributed by atoms with Crippen molar-refractivity contribution in [3.8, 4) is 11.1 Å². The van der Waals surface area contributed by atoms with Crippen molar-refractivity contribution in [1.82, 2.24) is 29.1 Å². The zero-order chi connectivity index (χ0) is 20.0. The molecular weight excluding hydrogens is 371 g/mol. The highest BCUT2D eigenvalue weighted by Crippen LogP contribution is 2.31. The number of aromatic nitrogens is 6. The maximum absolute atomic E-state index is 13.7. The van der Waals surface area contributed by atoms with Crippen LogP contribution in [0, 0.1) is 5.82 Å². The zero-order valence-electron chi connectivity index (χ0n) is 15.5. The zero-order valence-corrected chi connectivity index (χ0v) is 15.5. The Morgan fingerprint density at radius 2 is 1.83 bits per heavy atom. The Hall–Kier alpha value is -3.94. The summed E-state index contributed by atoms with van der Waals surface area (Å²) in [7, 11) is 1.73. The fraction of sp³-hybridized carbons (Fsp3) is 0.0952. The first-order valence-electron chi connectivity index (χ1n) is 8.95. The molecule has 0 N–H and O–H groups in total. The minimum Gasteiger partial charge on any atom is -0.295 e. The Morgan fingerprint density at radius 3 is 2.66 bits per heavy atom. The molecule has 0 saturated heterocycles. The molecule has 0 amide bonds. The van der Waals surface area contributed by atoms with E-state index in [1.54, 1.807) is 59.3 Å². The van der Waals surface area contributed by atoms with E-state index in [0.29, 0.717) is 11.1 Å². The molecule has 0 aliphatic carbocycles. The van der Waals surface area contributed by atoms with Gasteiger partial charge in [0, 0.05) is 48.3 Å². The lowest BCUT2D eigenvalue weighted by atomic mass is 9.99. The Morgan fingerprint density at radius 1 is 1.00 bits per heavy atom. The fourth-order valence-corrected chi connectivity index (χ4v) is 3.67. The van der Waals surface area contributed by atoms with Gasteiger partial charge >= 0.3 is 5.69 Å². The number of hydrogen-bond donors (Lipinski definition) is 0. The first-order chi connectivity index (χ1) is 14.1. The number of fused-ring (bicyclic) bond motifs is 2. The van der Waals surface area contributed by atoms with Crippen molar-refractivity contribution in [2.24, 2.45) is 7.05 Å². The minimum atomic E-state index is -0.335. The lowest BCUT2D eigenvalue weighted by Gasteiger charge is -2.13. The van der Waals surface area contributed by atoms with E-state index in [9.17, 15) is 9.18 Å². The van der Waals surface area contributed by atoms with Gasteiger partial charge in [0.05, 0.1) is 29.5 Å². The molecule has 5 rings (SSSR count). The van der Waals surface area contributed by atoms with Gasteiger partial charge in [0.15, 0.2) is 0 Å². The molecule has 0 unspecified atom stereocenters. The SMILES string of the molecule is Cn1c(=O)n(Cc2ncc3cc(F)ccc3c2-c2cncnc2)c2cnccc21. The Labute approximate surface area is 164 Å². The quantitative estimate of drug-likeness (QED) is 0.476. The number of hydrogen-bond acceptors (Lipinski definition) is 5. The second-order valence-electron chi connectivity index (χ2n) is 6.73. The third-order valence-electron chi connectivity index (χ3n) is 5.04. The van der Waals surface area contributed by atoms with Crippen LogP contribution < -0.4 is 5.69 Å². The van der Waals surface area contributed by atoms with Gasteiger partial charge in [-0.1, -0.05) is 6.07 Å². The molecule has 142 valence electrons. The molecule has 0 bridgehead atoms. The highest BCUT2D eigenvalue weighted by atomic mass is 19.1. The molecule has 4 heterocycles. The van der Waals surface area contributed by atoms with Crippen LogP contribution in [-0.2, 0) is 13.6 Å². The summed E-state index contributed by atoms with van der Waals surface area (Å²) in [6, 6.07) is 6.36. The van der Waals surface area contributed by atoms with E-state index in [0.717, 1.165) is 27.5 Å². The first kappa shape index (κ1) is 17.2. The van der Waals surface area contributed by atoms with Crippen LogP contribution in [0.2, 0.25) is 0 Å². The number of benzene rings is 1. The second-order valence-corrected chi connectivity index (χ2v) is 6.73. The molecule has 4 aromatic heterocycles. The topological polar surface area (TPSA) is 78.5 Å². The van der Waals surface area contributed by atoms with Gasteiger partial charge in [-0.15, -0.1) is 0 Å². The van der Waals surface area contributed by atoms with Gasteiger partial charge in [0.1, 0.15) is 12.1 Å². The van der Waals surface area contributed by atoms with Gasteiger partial charge < -0.3 is 0 Å². The van der Waals surface area contributed by atoms with Crippen molar-refractivity contribution in [2.45, 2.75) is 6.54 Å². The normalized spacial score (nSPS) is 11.4. The van der Waals surface area contributed by atoms with E-state index in [1.807, 2.05) is 0 Å². The highest BCUT2D eigenvalue weighted by Gasteiger charge is 2.17. The summed E-state index contributed by atoms with van der Waals surface area (Å²) in [4.78, 5) is 29.8. The van der Waals surface area contributed by atoms with Gasteiger partial charge in [-0.25, -0.2) is 19.2 Å². The maximum Gasteiger partial charge on any atom is 0.329 e. The summed E-state index contributed by atoms with van der Waals surface area (Å²) in [6.07, 6.45) is 9.76. The standard InChI is InChI=1S/C21H15FN6O/c1-27-18-4-5-23-10-19(18)28(21(27)29)11-17-20(14-7-24-12-25-8-14)16-3-2-15(22)6-13(16)9-26-17/h2-10,12H,11H2,1H3. The molecule has 0 aliphatic rings. The van der Waals surface area contributed by atoms with Crippen LogP contribution in [0.3, 0.4) is 0 Å². The average Bonchev–Trinajstić information content (AvgIpc) is 2.99. The average molecular weight is 386 g/mol. The van der Waals surface area contributed by atoms with Gasteiger partial charge in [-0.05, 0) is 23.6 Å². The monoisotopic (exact) mass is 386 g/mol. The molecule has 0 atom stereocenters. The van der Waals surface area contributed by atoms with Gasteiger partial charge in [-0.3, -0.25) is 19.1 Å². The predicted molar refractivity (Wildman–Crippen MR) is 107 cm³/mol. The molecule has 7 nitrogen and oxygen atoms in total. The first-order valence-corrected chi connectivity index (χ1v) is 8.95. The molecule has 0 fully saturated rings. The molecule has 1 aromatic carbocycles. The van der Waals surface area contributed by atoms with E-state index in [-0.39, 0.29) is 18.1 Å². The van der Waals surface area contributed by atoms with Crippen LogP contribution >= 0.6 is 0 Å². The van der Waals surface area contributed by atoms with Crippen molar-refractivity contribution in [1.29, 1.82) is 0 Å². The summed E-state index contributed by atoms with van der Waals surface area (Å²) >= 11 is 0. The smallest absolute Gasteiger partial charge is 0.295 e. The Balaban J connectivity index is 1.78. The third-order valence-corrected chi connectivity index (χ3v) is 5.04. The van der Waals surface area contributed by atoms with Crippen molar-refractivity contribution >= 4 is 21.8 Å². The maximum atomic E-state index is 13.7. The van der Waals surface area contributed by atoms with E-state index >= 15 is 0 Å². The lowest BCUT2D eigenvalue weighted by Crippen LogP contribution is -2.23. The number of aryl methyl sites for hydroxylation is 1. The van der Waals surface area contributed by atoms with E-state index in [1.165, 1.54) is 18.5 Å². The van der Waals surface area contributed by atoms with E-state index in [4.69, 9.17) is 0 Å². The second kappa shape index (κ2) is 6.59. The Bertz CT molecular complexity index is 1420. The van der Waals surface area contributed by atoms with Crippen LogP contribution in [0.4, 0.5) is 4.39 Å². The minimum absolute atomic E-state index is 0.163. The summed E-state index contributed by atoms with van der Waals surface area (Å²) < 4.78 is 17.0. The third kappa shape index (κ3) is 2.77. The molecule has 0 saturated carbocycles. The molecule has 0 radical (unpaired) electrons. The van der Waals surface area contributed by atoms with Gasteiger partial charge in [0.2, 0.25) is 0 Å². The molecule has 0 aliphatic heterocycles. The van der Waals surface area contributed by atoms with Gasteiger partial charge in [-0.2, -0.15) is 0 Å². The number of rotatable bonds is 3. The van der Waals surface area contributed by atoms with Crippen molar-refractivity contribution < 1.29 is 4.39 Å². The number of nitrogens with zero attached hydrogens (tertiary/aromatic N) is 6. The molecule has 8 heteroatoms. The largest absolute Gasteiger partial charge is 0.329 e. The lowest BCUT2D eigenvalue weighted by molar-refractivity contribution is 0.629. The Kier molecular flexibility index (Phi) is 3.90. The van der Waals surface area contributed by atoms with Crippen LogP contribution in [0.25, 0.3) is 32.9 Å².